The van der Waals surface area contributed by atoms with E-state index in [4.69, 9.17) is 11.6 Å². The van der Waals surface area contributed by atoms with Crippen LogP contribution in [0.15, 0.2) is 0 Å². The van der Waals surface area contributed by atoms with E-state index >= 15 is 0 Å². The predicted octanol–water partition coefficient (Wildman–Crippen LogP) is 0.389. The first-order valence-electron chi connectivity index (χ1n) is 4.26. The van der Waals surface area contributed by atoms with E-state index in [9.17, 15) is 4.79 Å². The zero-order valence-corrected chi connectivity index (χ0v) is 8.18. The van der Waals surface area contributed by atoms with E-state index in [-0.39, 0.29) is 5.91 Å². The van der Waals surface area contributed by atoms with Gasteiger partial charge < -0.3 is 9.80 Å². The van der Waals surface area contributed by atoms with Crippen LogP contribution < -0.4 is 0 Å². The molecule has 1 aliphatic heterocycles. The van der Waals surface area contributed by atoms with Crippen molar-refractivity contribution in [3.05, 3.63) is 0 Å². The molecule has 0 spiro atoms. The summed E-state index contributed by atoms with van der Waals surface area (Å²) in [5, 5.41) is 0. The summed E-state index contributed by atoms with van der Waals surface area (Å²) in [7, 11) is 2.07. The van der Waals surface area contributed by atoms with E-state index in [0.717, 1.165) is 26.2 Å². The smallest absolute Gasteiger partial charge is 0.223 e. The Hall–Kier alpha value is -0.280. The first-order valence-corrected chi connectivity index (χ1v) is 4.80. The molecular formula is C8H15ClN2O. The van der Waals surface area contributed by atoms with Gasteiger partial charge in [0.1, 0.15) is 0 Å². The van der Waals surface area contributed by atoms with Gasteiger partial charge in [-0.3, -0.25) is 4.79 Å². The van der Waals surface area contributed by atoms with Gasteiger partial charge in [-0.15, -0.1) is 11.6 Å². The van der Waals surface area contributed by atoms with Crippen molar-refractivity contribution in [1.82, 2.24) is 9.80 Å². The van der Waals surface area contributed by atoms with Crippen molar-refractivity contribution in [2.45, 2.75) is 6.42 Å². The highest BCUT2D eigenvalue weighted by Crippen LogP contribution is 2.02. The van der Waals surface area contributed by atoms with Crippen molar-refractivity contribution in [3.8, 4) is 0 Å². The zero-order valence-electron chi connectivity index (χ0n) is 7.42. The summed E-state index contributed by atoms with van der Waals surface area (Å²) in [5.41, 5.74) is 0. The van der Waals surface area contributed by atoms with Gasteiger partial charge in [0.2, 0.25) is 5.91 Å². The fourth-order valence-electron chi connectivity index (χ4n) is 1.29. The molecule has 0 aromatic carbocycles. The van der Waals surface area contributed by atoms with Gasteiger partial charge in [0.05, 0.1) is 0 Å². The Balaban J connectivity index is 2.29. The van der Waals surface area contributed by atoms with Gasteiger partial charge in [0.25, 0.3) is 0 Å². The van der Waals surface area contributed by atoms with Gasteiger partial charge in [-0.2, -0.15) is 0 Å². The van der Waals surface area contributed by atoms with Crippen LogP contribution in [0.3, 0.4) is 0 Å². The van der Waals surface area contributed by atoms with Gasteiger partial charge in [0, 0.05) is 38.5 Å². The minimum Gasteiger partial charge on any atom is -0.340 e. The first-order chi connectivity index (χ1) is 5.74. The summed E-state index contributed by atoms with van der Waals surface area (Å²) < 4.78 is 0. The maximum atomic E-state index is 11.3. The number of carbonyl (C=O) groups excluding carboxylic acids is 1. The second-order valence-corrected chi connectivity index (χ2v) is 3.50. The van der Waals surface area contributed by atoms with Crippen molar-refractivity contribution in [3.63, 3.8) is 0 Å². The minimum atomic E-state index is 0.193. The Morgan fingerprint density at radius 3 is 2.42 bits per heavy atom. The average molecular weight is 191 g/mol. The lowest BCUT2D eigenvalue weighted by molar-refractivity contribution is -0.132. The molecule has 1 heterocycles. The molecule has 1 saturated heterocycles. The van der Waals surface area contributed by atoms with Crippen LogP contribution in [0.1, 0.15) is 6.42 Å². The van der Waals surface area contributed by atoms with Gasteiger partial charge >= 0.3 is 0 Å². The SMILES string of the molecule is CN1CCN(C(=O)CCCl)CC1. The van der Waals surface area contributed by atoms with Crippen molar-refractivity contribution in [1.29, 1.82) is 0 Å². The molecule has 1 fully saturated rings. The van der Waals surface area contributed by atoms with Crippen LogP contribution in [-0.2, 0) is 4.79 Å². The van der Waals surface area contributed by atoms with E-state index in [1.807, 2.05) is 4.90 Å². The van der Waals surface area contributed by atoms with E-state index in [0.29, 0.717) is 12.3 Å². The number of likely N-dealkylation sites (N-methyl/N-ethyl adjacent to an activating group) is 1. The molecule has 70 valence electrons. The van der Waals surface area contributed by atoms with Crippen LogP contribution in [0.5, 0.6) is 0 Å². The topological polar surface area (TPSA) is 23.6 Å². The van der Waals surface area contributed by atoms with Crippen LogP contribution in [0.4, 0.5) is 0 Å². The summed E-state index contributed by atoms with van der Waals surface area (Å²) in [6.07, 6.45) is 0.477. The number of amides is 1. The highest BCUT2D eigenvalue weighted by molar-refractivity contribution is 6.18. The van der Waals surface area contributed by atoms with Gasteiger partial charge in [-0.1, -0.05) is 0 Å². The molecule has 0 aromatic heterocycles. The molecule has 0 aromatic rings. The highest BCUT2D eigenvalue weighted by Gasteiger charge is 2.17. The fourth-order valence-corrected chi connectivity index (χ4v) is 1.46. The maximum absolute atomic E-state index is 11.3. The molecule has 0 aliphatic carbocycles. The Labute approximate surface area is 78.3 Å². The number of nitrogens with zero attached hydrogens (tertiary/aromatic N) is 2. The Morgan fingerprint density at radius 1 is 1.33 bits per heavy atom. The molecule has 0 bridgehead atoms. The third-order valence-corrected chi connectivity index (χ3v) is 2.35. The normalized spacial score (nSPS) is 19.7. The molecule has 0 radical (unpaired) electrons. The number of alkyl halides is 1. The molecule has 1 amide bonds. The second kappa shape index (κ2) is 4.67. The summed E-state index contributed by atoms with van der Waals surface area (Å²) in [6, 6.07) is 0. The molecule has 0 saturated carbocycles. The van der Waals surface area contributed by atoms with Crippen molar-refractivity contribution in [2.24, 2.45) is 0 Å². The van der Waals surface area contributed by atoms with Crippen LogP contribution in [0.2, 0.25) is 0 Å². The molecule has 4 heteroatoms. The maximum Gasteiger partial charge on any atom is 0.223 e. The van der Waals surface area contributed by atoms with E-state index in [1.165, 1.54) is 0 Å². The zero-order chi connectivity index (χ0) is 8.97. The van der Waals surface area contributed by atoms with Crippen LogP contribution >= 0.6 is 11.6 Å². The van der Waals surface area contributed by atoms with Gasteiger partial charge in [-0.25, -0.2) is 0 Å². The number of carbonyl (C=O) groups is 1. The van der Waals surface area contributed by atoms with E-state index < -0.39 is 0 Å². The fraction of sp³-hybridized carbons (Fsp3) is 0.875. The Bertz CT molecular complexity index is 155. The largest absolute Gasteiger partial charge is 0.340 e. The molecule has 1 rings (SSSR count). The summed E-state index contributed by atoms with van der Waals surface area (Å²) in [4.78, 5) is 15.4. The molecule has 12 heavy (non-hydrogen) atoms. The Kier molecular flexibility index (Phi) is 3.82. The van der Waals surface area contributed by atoms with Crippen LogP contribution in [0, 0.1) is 0 Å². The van der Waals surface area contributed by atoms with Gasteiger partial charge in [-0.05, 0) is 7.05 Å². The lowest BCUT2D eigenvalue weighted by atomic mass is 10.3. The molecule has 0 atom stereocenters. The van der Waals surface area contributed by atoms with E-state index in [1.54, 1.807) is 0 Å². The second-order valence-electron chi connectivity index (χ2n) is 3.12. The number of halogens is 1. The number of hydrogen-bond acceptors (Lipinski definition) is 2. The summed E-state index contributed by atoms with van der Waals surface area (Å²) >= 11 is 5.49. The minimum absolute atomic E-state index is 0.193. The average Bonchev–Trinajstić information content (AvgIpc) is 2.06. The van der Waals surface area contributed by atoms with E-state index in [2.05, 4.69) is 11.9 Å². The third-order valence-electron chi connectivity index (χ3n) is 2.16. The molecular weight excluding hydrogens is 176 g/mol. The predicted molar refractivity (Wildman–Crippen MR) is 49.4 cm³/mol. The molecule has 0 N–H and O–H groups in total. The van der Waals surface area contributed by atoms with Crippen molar-refractivity contribution < 1.29 is 4.79 Å². The standard InChI is InChI=1S/C8H15ClN2O/c1-10-4-6-11(7-5-10)8(12)2-3-9/h2-7H2,1H3. The van der Waals surface area contributed by atoms with Crippen LogP contribution in [0.25, 0.3) is 0 Å². The molecule has 1 aliphatic rings. The third kappa shape index (κ3) is 2.64. The lowest BCUT2D eigenvalue weighted by Crippen LogP contribution is -2.47. The number of rotatable bonds is 2. The van der Waals surface area contributed by atoms with Crippen LogP contribution in [-0.4, -0.2) is 54.8 Å². The quantitative estimate of drug-likeness (QED) is 0.589. The van der Waals surface area contributed by atoms with Crippen molar-refractivity contribution in [2.75, 3.05) is 39.1 Å². The first kappa shape index (κ1) is 9.81. The summed E-state index contributed by atoms with van der Waals surface area (Å²) in [6.45, 7) is 3.67. The lowest BCUT2D eigenvalue weighted by Gasteiger charge is -2.32. The monoisotopic (exact) mass is 190 g/mol. The highest BCUT2D eigenvalue weighted by atomic mass is 35.5. The number of hydrogen-bond donors (Lipinski definition) is 0. The molecule has 3 nitrogen and oxygen atoms in total. The Morgan fingerprint density at radius 2 is 1.92 bits per heavy atom. The number of piperazine rings is 1. The van der Waals surface area contributed by atoms with Gasteiger partial charge in [0.15, 0.2) is 0 Å². The van der Waals surface area contributed by atoms with Crippen molar-refractivity contribution >= 4 is 17.5 Å². The molecule has 0 unspecified atom stereocenters. The summed E-state index contributed by atoms with van der Waals surface area (Å²) in [5.74, 6) is 0.628.